The van der Waals surface area contributed by atoms with E-state index in [1.807, 2.05) is 6.92 Å². The van der Waals surface area contributed by atoms with Gasteiger partial charge in [-0.25, -0.2) is 0 Å². The van der Waals surface area contributed by atoms with E-state index in [4.69, 9.17) is 10.9 Å². The first kappa shape index (κ1) is 16.2. The van der Waals surface area contributed by atoms with Gasteiger partial charge in [0.25, 0.3) is 0 Å². The van der Waals surface area contributed by atoms with Crippen LogP contribution in [0.2, 0.25) is 0 Å². The maximum Gasteiger partial charge on any atom is 0.239 e. The summed E-state index contributed by atoms with van der Waals surface area (Å²) in [7, 11) is 1.51. The molecule has 104 valence electrons. The first-order chi connectivity index (χ1) is 8.51. The van der Waals surface area contributed by atoms with Crippen LogP contribution < -0.4 is 11.1 Å². The molecule has 1 unspecified atom stereocenters. The van der Waals surface area contributed by atoms with Crippen molar-refractivity contribution in [2.24, 2.45) is 16.8 Å². The number of nitrogens with zero attached hydrogens (tertiary/aromatic N) is 2. The summed E-state index contributed by atoms with van der Waals surface area (Å²) in [6.07, 6.45) is 1.21. The highest BCUT2D eigenvalue weighted by atomic mass is 16.4. The van der Waals surface area contributed by atoms with E-state index in [9.17, 15) is 9.59 Å². The molecule has 4 N–H and O–H groups in total. The van der Waals surface area contributed by atoms with E-state index >= 15 is 0 Å². The number of amides is 2. The number of nitrogens with two attached hydrogens (primary N) is 1. The van der Waals surface area contributed by atoms with Crippen molar-refractivity contribution in [3.63, 3.8) is 0 Å². The zero-order valence-electron chi connectivity index (χ0n) is 11.1. The Bertz CT molecular complexity index is 317. The van der Waals surface area contributed by atoms with Crippen LogP contribution in [-0.2, 0) is 9.59 Å². The van der Waals surface area contributed by atoms with Gasteiger partial charge in [0.15, 0.2) is 5.84 Å². The van der Waals surface area contributed by atoms with Crippen molar-refractivity contribution < 1.29 is 14.8 Å². The summed E-state index contributed by atoms with van der Waals surface area (Å²) >= 11 is 0. The number of likely N-dealkylation sites (N-methyl/N-ethyl adjacent to an activating group) is 2. The fourth-order valence-corrected chi connectivity index (χ4v) is 1.57. The topological polar surface area (TPSA) is 108 Å². The zero-order valence-corrected chi connectivity index (χ0v) is 11.1. The number of amidine groups is 1. The van der Waals surface area contributed by atoms with Crippen LogP contribution in [0.5, 0.6) is 0 Å². The Morgan fingerprint density at radius 2 is 2.06 bits per heavy atom. The molecule has 0 heterocycles. The predicted octanol–water partition coefficient (Wildman–Crippen LogP) is -0.256. The third-order valence-electron chi connectivity index (χ3n) is 2.65. The molecule has 7 nitrogen and oxygen atoms in total. The quantitative estimate of drug-likeness (QED) is 0.253. The molecular weight excluding hydrogens is 236 g/mol. The second-order valence-corrected chi connectivity index (χ2v) is 3.89. The molecule has 0 aromatic carbocycles. The van der Waals surface area contributed by atoms with E-state index in [0.29, 0.717) is 13.0 Å². The SMILES string of the molecule is CCCC(C(=O)N(CC)CC(=O)NC)C(N)=NO. The van der Waals surface area contributed by atoms with Crippen molar-refractivity contribution in [3.05, 3.63) is 0 Å². The maximum absolute atomic E-state index is 12.2. The van der Waals surface area contributed by atoms with Crippen molar-refractivity contribution >= 4 is 17.6 Å². The van der Waals surface area contributed by atoms with Gasteiger partial charge < -0.3 is 21.2 Å². The first-order valence-corrected chi connectivity index (χ1v) is 5.98. The minimum absolute atomic E-state index is 0.0231. The molecule has 0 fully saturated rings. The van der Waals surface area contributed by atoms with Gasteiger partial charge in [0.05, 0.1) is 12.5 Å². The lowest BCUT2D eigenvalue weighted by Crippen LogP contribution is -2.45. The lowest BCUT2D eigenvalue weighted by atomic mass is 10.0. The molecule has 0 spiro atoms. The third kappa shape index (κ3) is 4.60. The highest BCUT2D eigenvalue weighted by molar-refractivity contribution is 6.02. The molecule has 2 amide bonds. The summed E-state index contributed by atoms with van der Waals surface area (Å²) in [5, 5.41) is 14.0. The third-order valence-corrected chi connectivity index (χ3v) is 2.65. The standard InChI is InChI=1S/C11H22N4O3/c1-4-6-8(10(12)14-18)11(17)15(5-2)7-9(16)13-3/h8,18H,4-7H2,1-3H3,(H2,12,14)(H,13,16). The second-order valence-electron chi connectivity index (χ2n) is 3.89. The number of hydrogen-bond donors (Lipinski definition) is 3. The molecule has 7 heteroatoms. The first-order valence-electron chi connectivity index (χ1n) is 5.98. The van der Waals surface area contributed by atoms with Crippen molar-refractivity contribution in [1.29, 1.82) is 0 Å². The smallest absolute Gasteiger partial charge is 0.239 e. The van der Waals surface area contributed by atoms with Crippen LogP contribution in [0.1, 0.15) is 26.7 Å². The van der Waals surface area contributed by atoms with Crippen LogP contribution >= 0.6 is 0 Å². The highest BCUT2D eigenvalue weighted by Gasteiger charge is 2.27. The fourth-order valence-electron chi connectivity index (χ4n) is 1.57. The largest absolute Gasteiger partial charge is 0.409 e. The van der Waals surface area contributed by atoms with E-state index < -0.39 is 5.92 Å². The van der Waals surface area contributed by atoms with Gasteiger partial charge in [-0.15, -0.1) is 0 Å². The molecular formula is C11H22N4O3. The number of carbonyl (C=O) groups is 2. The summed E-state index contributed by atoms with van der Waals surface area (Å²) < 4.78 is 0. The molecule has 0 bridgehead atoms. The second kappa shape index (κ2) is 8.32. The van der Waals surface area contributed by atoms with Crippen LogP contribution in [0.15, 0.2) is 5.16 Å². The zero-order chi connectivity index (χ0) is 14.1. The summed E-state index contributed by atoms with van der Waals surface area (Å²) in [6, 6.07) is 0. The monoisotopic (exact) mass is 258 g/mol. The minimum Gasteiger partial charge on any atom is -0.409 e. The van der Waals surface area contributed by atoms with Gasteiger partial charge in [0.2, 0.25) is 11.8 Å². The van der Waals surface area contributed by atoms with Crippen LogP contribution in [0.4, 0.5) is 0 Å². The Labute approximate surface area is 107 Å². The Morgan fingerprint density at radius 3 is 2.44 bits per heavy atom. The van der Waals surface area contributed by atoms with Gasteiger partial charge in [0, 0.05) is 13.6 Å². The van der Waals surface area contributed by atoms with E-state index in [0.717, 1.165) is 6.42 Å². The van der Waals surface area contributed by atoms with Crippen LogP contribution in [-0.4, -0.2) is 47.9 Å². The average Bonchev–Trinajstić information content (AvgIpc) is 2.40. The summed E-state index contributed by atoms with van der Waals surface area (Å²) in [6.45, 7) is 4.05. The molecule has 1 atom stereocenters. The molecule has 0 aromatic rings. The fraction of sp³-hybridized carbons (Fsp3) is 0.727. The van der Waals surface area contributed by atoms with Gasteiger partial charge in [-0.2, -0.15) is 0 Å². The number of rotatable bonds is 7. The van der Waals surface area contributed by atoms with Crippen LogP contribution in [0.25, 0.3) is 0 Å². The predicted molar refractivity (Wildman–Crippen MR) is 68.1 cm³/mol. The molecule has 18 heavy (non-hydrogen) atoms. The number of nitrogens with one attached hydrogen (secondary N) is 1. The summed E-state index contributed by atoms with van der Waals surface area (Å²) in [5.41, 5.74) is 5.51. The van der Waals surface area contributed by atoms with Crippen molar-refractivity contribution in [2.45, 2.75) is 26.7 Å². The molecule has 0 aliphatic carbocycles. The van der Waals surface area contributed by atoms with Gasteiger partial charge in [-0.1, -0.05) is 18.5 Å². The lowest BCUT2D eigenvalue weighted by molar-refractivity contribution is -0.137. The maximum atomic E-state index is 12.2. The lowest BCUT2D eigenvalue weighted by Gasteiger charge is -2.24. The number of oxime groups is 1. The van der Waals surface area contributed by atoms with Gasteiger partial charge in [-0.3, -0.25) is 9.59 Å². The van der Waals surface area contributed by atoms with E-state index in [1.54, 1.807) is 6.92 Å². The summed E-state index contributed by atoms with van der Waals surface area (Å²) in [4.78, 5) is 24.9. The molecule has 0 rings (SSSR count). The van der Waals surface area contributed by atoms with Crippen LogP contribution in [0.3, 0.4) is 0 Å². The molecule has 0 saturated heterocycles. The Balaban J connectivity index is 4.86. The van der Waals surface area contributed by atoms with E-state index in [1.165, 1.54) is 11.9 Å². The number of carbonyl (C=O) groups excluding carboxylic acids is 2. The van der Waals surface area contributed by atoms with Crippen molar-refractivity contribution in [3.8, 4) is 0 Å². The molecule has 0 saturated carbocycles. The Morgan fingerprint density at radius 1 is 1.44 bits per heavy atom. The minimum atomic E-state index is -0.676. The molecule has 0 aliphatic rings. The summed E-state index contributed by atoms with van der Waals surface area (Å²) in [5.74, 6) is -1.33. The Kier molecular flexibility index (Phi) is 7.50. The average molecular weight is 258 g/mol. The van der Waals surface area contributed by atoms with Crippen LogP contribution in [0, 0.1) is 5.92 Å². The highest BCUT2D eigenvalue weighted by Crippen LogP contribution is 2.11. The van der Waals surface area contributed by atoms with E-state index in [2.05, 4.69) is 10.5 Å². The molecule has 0 aliphatic heterocycles. The van der Waals surface area contributed by atoms with E-state index in [-0.39, 0.29) is 24.2 Å². The Hall–Kier alpha value is -1.79. The molecule has 0 radical (unpaired) electrons. The number of hydrogen-bond acceptors (Lipinski definition) is 4. The van der Waals surface area contributed by atoms with Crippen molar-refractivity contribution in [1.82, 2.24) is 10.2 Å². The van der Waals surface area contributed by atoms with Gasteiger partial charge >= 0.3 is 0 Å². The normalized spacial score (nSPS) is 12.9. The van der Waals surface area contributed by atoms with Crippen molar-refractivity contribution in [2.75, 3.05) is 20.1 Å². The van der Waals surface area contributed by atoms with Gasteiger partial charge in [-0.05, 0) is 13.3 Å². The molecule has 0 aromatic heterocycles. The van der Waals surface area contributed by atoms with Gasteiger partial charge in [0.1, 0.15) is 0 Å².